The van der Waals surface area contributed by atoms with Crippen molar-refractivity contribution in [2.45, 2.75) is 25.8 Å². The van der Waals surface area contributed by atoms with Crippen molar-refractivity contribution in [1.29, 1.82) is 0 Å². The minimum atomic E-state index is -1.74. The second-order valence-electron chi connectivity index (χ2n) is 5.08. The summed E-state index contributed by atoms with van der Waals surface area (Å²) in [4.78, 5) is 0. The molecule has 0 amide bonds. The fourth-order valence-corrected chi connectivity index (χ4v) is 19.3. The third-order valence-electron chi connectivity index (χ3n) is 2.15. The van der Waals surface area contributed by atoms with Gasteiger partial charge in [0.15, 0.2) is 0 Å². The first-order valence-electron chi connectivity index (χ1n) is 6.30. The average Bonchev–Trinajstić information content (AvgIpc) is 2.37. The Balaban J connectivity index is 2.32. The Bertz CT molecular complexity index is 225. The van der Waals surface area contributed by atoms with Gasteiger partial charge in [0, 0.05) is 5.04 Å². The highest BCUT2D eigenvalue weighted by atomic mass is 28.4. The summed E-state index contributed by atoms with van der Waals surface area (Å²) in [7, 11) is -8.36. The van der Waals surface area contributed by atoms with Gasteiger partial charge in [-0.15, -0.1) is 0 Å². The highest BCUT2D eigenvalue weighted by molar-refractivity contribution is 6.61. The Morgan fingerprint density at radius 1 is 0.550 bits per heavy atom. The molecule has 8 nitrogen and oxygen atoms in total. The lowest BCUT2D eigenvalue weighted by atomic mass is 10.3. The molecule has 0 radical (unpaired) electrons. The van der Waals surface area contributed by atoms with Crippen molar-refractivity contribution in [1.82, 2.24) is 0 Å². The summed E-state index contributed by atoms with van der Waals surface area (Å²) in [5.74, 6) is 0. The second kappa shape index (κ2) is 11.9. The van der Waals surface area contributed by atoms with Gasteiger partial charge in [0.2, 0.25) is 0 Å². The quantitative estimate of drug-likeness (QED) is 0.356. The molecule has 0 aromatic heterocycles. The minimum absolute atomic E-state index is 0.0459. The Morgan fingerprint density at radius 3 is 1.15 bits per heavy atom. The lowest BCUT2D eigenvalue weighted by molar-refractivity contribution is 0.321. The van der Waals surface area contributed by atoms with Crippen LogP contribution >= 0.6 is 0 Å². The zero-order valence-corrected chi connectivity index (χ0v) is 23.3. The molecule has 0 N–H and O–H groups in total. The largest absolute Gasteiger partial charge is 0.425 e. The maximum Gasteiger partial charge on any atom is 0.308 e. The Hall–Kier alpha value is 1.42. The molecule has 0 bridgehead atoms. The molecule has 1 aliphatic rings. The van der Waals surface area contributed by atoms with Crippen molar-refractivity contribution in [2.24, 2.45) is 0 Å². The van der Waals surface area contributed by atoms with Gasteiger partial charge in [-0.25, -0.2) is 0 Å². The van der Waals surface area contributed by atoms with Crippen LogP contribution < -0.4 is 0 Å². The molecule has 1 heterocycles. The number of hydrogen-bond donors (Lipinski definition) is 0. The van der Waals surface area contributed by atoms with E-state index in [1.54, 1.807) is 0 Å². The Kier molecular flexibility index (Phi) is 11.6. The summed E-state index contributed by atoms with van der Waals surface area (Å²) in [5, 5.41) is 0.0459. The smallest absolute Gasteiger partial charge is 0.308 e. The zero-order valence-electron chi connectivity index (χ0n) is 12.3. The second-order valence-corrected chi connectivity index (χ2v) is 21.6. The first-order valence-corrected chi connectivity index (χ1v) is 15.9. The van der Waals surface area contributed by atoms with Gasteiger partial charge in [0.05, 0.1) is 0 Å². The van der Waals surface area contributed by atoms with Crippen molar-refractivity contribution in [3.05, 3.63) is 0 Å². The van der Waals surface area contributed by atoms with Gasteiger partial charge in [0.25, 0.3) is 70.0 Å². The molecule has 120 valence electrons. The maximum absolute atomic E-state index is 5.89. The van der Waals surface area contributed by atoms with E-state index in [1.165, 1.54) is 0 Å². The molecule has 16 heteroatoms. The van der Waals surface area contributed by atoms with Crippen molar-refractivity contribution < 1.29 is 32.9 Å². The molecule has 20 heavy (non-hydrogen) atoms. The SMILES string of the molecule is CC(C)(C)[SiH]1O[SiH2]O[SiH2]O[SiH2]O[SiH2]O[SiH2]O[SiH2]O[SiH2]O1. The van der Waals surface area contributed by atoms with Crippen LogP contribution in [0.15, 0.2) is 0 Å². The van der Waals surface area contributed by atoms with Gasteiger partial charge in [-0.05, 0) is 0 Å². The van der Waals surface area contributed by atoms with E-state index in [2.05, 4.69) is 20.8 Å². The molecular weight excluding hydrogens is 401 g/mol. The molecule has 0 unspecified atom stereocenters. The highest BCUT2D eigenvalue weighted by Crippen LogP contribution is 2.27. The zero-order chi connectivity index (χ0) is 14.7. The topological polar surface area (TPSA) is 73.8 Å². The standard InChI is InChI=1S/C4H24O8Si8/c1-4(2,3)20-11-18-9-16-7-14-5-13-6-15-8-17-10-19-12-20/h20H,13-19H2,1-3H3. The predicted molar refractivity (Wildman–Crippen MR) is 95.4 cm³/mol. The van der Waals surface area contributed by atoms with Crippen molar-refractivity contribution in [3.63, 3.8) is 0 Å². The summed E-state index contributed by atoms with van der Waals surface area (Å²) in [5.41, 5.74) is 0. The van der Waals surface area contributed by atoms with Crippen LogP contribution in [-0.4, -0.2) is 79.3 Å². The van der Waals surface area contributed by atoms with E-state index in [9.17, 15) is 0 Å². The normalized spacial score (nSPS) is 34.6. The van der Waals surface area contributed by atoms with Crippen LogP contribution in [0.5, 0.6) is 0 Å². The monoisotopic (exact) mass is 424 g/mol. The van der Waals surface area contributed by atoms with E-state index in [1.807, 2.05) is 0 Å². The van der Waals surface area contributed by atoms with Crippen molar-refractivity contribution in [2.75, 3.05) is 0 Å². The van der Waals surface area contributed by atoms with Crippen LogP contribution in [0.25, 0.3) is 0 Å². The van der Waals surface area contributed by atoms with Crippen LogP contribution in [0, 0.1) is 0 Å². The summed E-state index contributed by atoms with van der Waals surface area (Å²) >= 11 is 0. The molecule has 0 aromatic rings. The third-order valence-corrected chi connectivity index (χ3v) is 15.1. The molecule has 0 spiro atoms. The van der Waals surface area contributed by atoms with Crippen LogP contribution in [0.1, 0.15) is 20.8 Å². The van der Waals surface area contributed by atoms with E-state index < -0.39 is 79.3 Å². The van der Waals surface area contributed by atoms with Gasteiger partial charge in [-0.1, -0.05) is 20.8 Å². The van der Waals surface area contributed by atoms with E-state index >= 15 is 0 Å². The van der Waals surface area contributed by atoms with Crippen molar-refractivity contribution >= 4 is 79.3 Å². The average molecular weight is 425 g/mol. The van der Waals surface area contributed by atoms with Gasteiger partial charge in [-0.2, -0.15) is 0 Å². The first-order chi connectivity index (χ1) is 9.61. The first kappa shape index (κ1) is 19.5. The molecule has 0 aliphatic carbocycles. The van der Waals surface area contributed by atoms with Gasteiger partial charge >= 0.3 is 9.28 Å². The van der Waals surface area contributed by atoms with Gasteiger partial charge in [-0.3, -0.25) is 0 Å². The lowest BCUT2D eigenvalue weighted by Gasteiger charge is -2.28. The molecule has 1 saturated heterocycles. The molecule has 0 atom stereocenters. The molecule has 1 rings (SSSR count). The number of hydrogen-bond acceptors (Lipinski definition) is 8. The molecule has 1 aliphatic heterocycles. The fourth-order valence-electron chi connectivity index (χ4n) is 1.27. The van der Waals surface area contributed by atoms with Gasteiger partial charge in [0.1, 0.15) is 0 Å². The maximum atomic E-state index is 5.89. The van der Waals surface area contributed by atoms with Gasteiger partial charge < -0.3 is 32.9 Å². The third kappa shape index (κ3) is 10.2. The molecule has 0 saturated carbocycles. The summed E-state index contributed by atoms with van der Waals surface area (Å²) in [6, 6.07) is 0. The van der Waals surface area contributed by atoms with E-state index in [0.717, 1.165) is 0 Å². The molecular formula is C4H24O8Si8. The Labute approximate surface area is 138 Å². The molecule has 0 aromatic carbocycles. The minimum Gasteiger partial charge on any atom is -0.425 e. The predicted octanol–water partition coefficient (Wildman–Crippen LogP) is -5.85. The lowest BCUT2D eigenvalue weighted by Crippen LogP contribution is -2.37. The van der Waals surface area contributed by atoms with Crippen LogP contribution in [-0.2, 0) is 32.9 Å². The van der Waals surface area contributed by atoms with Crippen LogP contribution in [0.3, 0.4) is 0 Å². The van der Waals surface area contributed by atoms with E-state index in [-0.39, 0.29) is 5.04 Å². The van der Waals surface area contributed by atoms with Crippen molar-refractivity contribution in [3.8, 4) is 0 Å². The summed E-state index contributed by atoms with van der Waals surface area (Å²) in [6.07, 6.45) is 0. The Morgan fingerprint density at radius 2 is 0.850 bits per heavy atom. The molecule has 1 fully saturated rings. The van der Waals surface area contributed by atoms with Crippen LogP contribution in [0.4, 0.5) is 0 Å². The van der Waals surface area contributed by atoms with E-state index in [4.69, 9.17) is 32.9 Å². The van der Waals surface area contributed by atoms with E-state index in [0.29, 0.717) is 0 Å². The fraction of sp³-hybridized carbons (Fsp3) is 1.00. The highest BCUT2D eigenvalue weighted by Gasteiger charge is 2.29. The van der Waals surface area contributed by atoms with Crippen LogP contribution in [0.2, 0.25) is 5.04 Å². The number of rotatable bonds is 0. The summed E-state index contributed by atoms with van der Waals surface area (Å²) in [6.45, 7) is 6.41. The summed E-state index contributed by atoms with van der Waals surface area (Å²) < 4.78 is 44.5.